The summed E-state index contributed by atoms with van der Waals surface area (Å²) in [4.78, 5) is 24.9. The molecule has 0 aliphatic carbocycles. The van der Waals surface area contributed by atoms with Crippen LogP contribution in [-0.4, -0.2) is 22.0 Å². The summed E-state index contributed by atoms with van der Waals surface area (Å²) < 4.78 is 4.99. The van der Waals surface area contributed by atoms with E-state index in [9.17, 15) is 9.59 Å². The van der Waals surface area contributed by atoms with E-state index in [4.69, 9.17) is 4.52 Å². The van der Waals surface area contributed by atoms with E-state index in [1.165, 1.54) is 26.2 Å². The first-order valence-electron chi connectivity index (χ1n) is 8.17. The number of aromatic nitrogens is 2. The van der Waals surface area contributed by atoms with Crippen molar-refractivity contribution in [3.05, 3.63) is 11.7 Å². The lowest BCUT2D eigenvalue weighted by atomic mass is 10.1. The van der Waals surface area contributed by atoms with E-state index in [-0.39, 0.29) is 11.8 Å². The van der Waals surface area contributed by atoms with Gasteiger partial charge in [0, 0.05) is 19.8 Å². The van der Waals surface area contributed by atoms with E-state index in [1.807, 2.05) is 6.92 Å². The van der Waals surface area contributed by atoms with E-state index in [1.54, 1.807) is 0 Å². The molecule has 0 saturated carbocycles. The highest BCUT2D eigenvalue weighted by molar-refractivity contribution is 5.75. The highest BCUT2D eigenvalue weighted by atomic mass is 16.5. The molecule has 0 aliphatic heterocycles. The van der Waals surface area contributed by atoms with E-state index >= 15 is 0 Å². The Morgan fingerprint density at radius 1 is 1.17 bits per heavy atom. The molecule has 0 saturated heterocycles. The average Bonchev–Trinajstić information content (AvgIpc) is 3.02. The predicted octanol–water partition coefficient (Wildman–Crippen LogP) is 2.35. The molecule has 0 spiro atoms. The number of aryl methyl sites for hydroxylation is 1. The maximum atomic E-state index is 11.5. The molecule has 0 fully saturated rings. The van der Waals surface area contributed by atoms with Crippen molar-refractivity contribution in [3.63, 3.8) is 0 Å². The van der Waals surface area contributed by atoms with Crippen molar-refractivity contribution in [3.8, 4) is 12.8 Å². The van der Waals surface area contributed by atoms with E-state index < -0.39 is 0 Å². The summed E-state index contributed by atoms with van der Waals surface area (Å²) >= 11 is 0. The highest BCUT2D eigenvalue weighted by Gasteiger charge is 2.06. The van der Waals surface area contributed by atoms with Crippen LogP contribution in [0.1, 0.15) is 71.0 Å². The minimum absolute atomic E-state index is 0.0581. The number of terminal acetylenes is 1. The average molecular weight is 338 g/mol. The molecule has 3 N–H and O–H groups in total. The largest absolute Gasteiger partial charge is 0.370 e. The standard InChI is InChI=1S/C13H23N3O2.C2H5NO.C2H2/c1-3-5-6-7-8-9-12(17)14-10-13-15-11(4-2)16-18-13;1-2(3)4;1-2/h3-10H2,1-2H3,(H,14,17);1H3,(H2,3,4);1-2H. The Bertz CT molecular complexity index is 465. The lowest BCUT2D eigenvalue weighted by Crippen LogP contribution is -2.22. The van der Waals surface area contributed by atoms with Crippen LogP contribution in [0.5, 0.6) is 0 Å². The second kappa shape index (κ2) is 17.0. The van der Waals surface area contributed by atoms with Gasteiger partial charge in [0.05, 0.1) is 6.54 Å². The molecule has 1 aromatic heterocycles. The summed E-state index contributed by atoms with van der Waals surface area (Å²) in [6.45, 7) is 5.78. The van der Waals surface area contributed by atoms with Crippen molar-refractivity contribution in [2.24, 2.45) is 5.73 Å². The minimum Gasteiger partial charge on any atom is -0.370 e. The van der Waals surface area contributed by atoms with Gasteiger partial charge in [-0.3, -0.25) is 9.59 Å². The molecule has 1 heterocycles. The van der Waals surface area contributed by atoms with E-state index in [0.717, 1.165) is 19.3 Å². The number of rotatable bonds is 9. The lowest BCUT2D eigenvalue weighted by molar-refractivity contribution is -0.121. The zero-order valence-corrected chi connectivity index (χ0v) is 15.0. The van der Waals surface area contributed by atoms with Crippen LogP contribution >= 0.6 is 0 Å². The summed E-state index contributed by atoms with van der Waals surface area (Å²) in [5, 5.41) is 6.56. The van der Waals surface area contributed by atoms with Crippen molar-refractivity contribution in [1.29, 1.82) is 0 Å². The third-order valence-corrected chi connectivity index (χ3v) is 2.77. The van der Waals surface area contributed by atoms with Gasteiger partial charge in [-0.05, 0) is 6.42 Å². The number of unbranched alkanes of at least 4 members (excludes halogenated alkanes) is 4. The molecule has 7 heteroatoms. The van der Waals surface area contributed by atoms with Crippen LogP contribution in [0.15, 0.2) is 4.52 Å². The van der Waals surface area contributed by atoms with Crippen LogP contribution < -0.4 is 11.1 Å². The number of hydrogen-bond acceptors (Lipinski definition) is 5. The Morgan fingerprint density at radius 3 is 2.25 bits per heavy atom. The molecule has 24 heavy (non-hydrogen) atoms. The van der Waals surface area contributed by atoms with Crippen LogP contribution in [0.2, 0.25) is 0 Å². The van der Waals surface area contributed by atoms with Gasteiger partial charge in [-0.25, -0.2) is 0 Å². The van der Waals surface area contributed by atoms with Crippen molar-refractivity contribution in [2.75, 3.05) is 0 Å². The number of primary amides is 1. The maximum Gasteiger partial charge on any atom is 0.246 e. The van der Waals surface area contributed by atoms with Crippen molar-refractivity contribution >= 4 is 11.8 Å². The van der Waals surface area contributed by atoms with Crippen LogP contribution in [0.25, 0.3) is 0 Å². The fraction of sp³-hybridized carbons (Fsp3) is 0.647. The summed E-state index contributed by atoms with van der Waals surface area (Å²) in [7, 11) is 0. The van der Waals surface area contributed by atoms with E-state index in [0.29, 0.717) is 24.7 Å². The Morgan fingerprint density at radius 2 is 1.75 bits per heavy atom. The third kappa shape index (κ3) is 16.0. The number of carbonyl (C=O) groups excluding carboxylic acids is 2. The van der Waals surface area contributed by atoms with Gasteiger partial charge in [0.2, 0.25) is 17.7 Å². The van der Waals surface area contributed by atoms with Gasteiger partial charge < -0.3 is 15.6 Å². The Kier molecular flexibility index (Phi) is 16.9. The number of amides is 2. The third-order valence-electron chi connectivity index (χ3n) is 2.77. The van der Waals surface area contributed by atoms with Crippen LogP contribution in [0.3, 0.4) is 0 Å². The summed E-state index contributed by atoms with van der Waals surface area (Å²) in [5.41, 5.74) is 4.47. The second-order valence-electron chi connectivity index (χ2n) is 5.01. The smallest absolute Gasteiger partial charge is 0.246 e. The number of carbonyl (C=O) groups is 2. The van der Waals surface area contributed by atoms with Gasteiger partial charge in [0.1, 0.15) is 0 Å². The molecule has 1 rings (SSSR count). The molecule has 0 radical (unpaired) electrons. The number of nitrogens with one attached hydrogen (secondary N) is 1. The molecular formula is C17H30N4O3. The maximum absolute atomic E-state index is 11.5. The minimum atomic E-state index is -0.333. The molecule has 2 amide bonds. The molecule has 0 atom stereocenters. The molecule has 0 unspecified atom stereocenters. The molecule has 0 bridgehead atoms. The lowest BCUT2D eigenvalue weighted by Gasteiger charge is -2.02. The Labute approximate surface area is 144 Å². The monoisotopic (exact) mass is 338 g/mol. The molecule has 0 aromatic carbocycles. The molecule has 0 aliphatic rings. The topological polar surface area (TPSA) is 111 Å². The summed E-state index contributed by atoms with van der Waals surface area (Å²) in [5.74, 6) is 0.882. The first kappa shape index (κ1) is 23.9. The molecule has 136 valence electrons. The summed E-state index contributed by atoms with van der Waals surface area (Å²) in [6, 6.07) is 0. The van der Waals surface area contributed by atoms with Crippen LogP contribution in [0, 0.1) is 12.8 Å². The first-order chi connectivity index (χ1) is 11.5. The SMILES string of the molecule is C#C.CC(N)=O.CCCCCCCC(=O)NCc1nc(CC)no1. The van der Waals surface area contributed by atoms with Gasteiger partial charge in [0.25, 0.3) is 0 Å². The number of nitrogens with two attached hydrogens (primary N) is 1. The van der Waals surface area contributed by atoms with Gasteiger partial charge >= 0.3 is 0 Å². The Hall–Kier alpha value is -2.36. The number of hydrogen-bond donors (Lipinski definition) is 2. The van der Waals surface area contributed by atoms with Gasteiger partial charge in [-0.15, -0.1) is 12.8 Å². The van der Waals surface area contributed by atoms with Crippen molar-refractivity contribution < 1.29 is 14.1 Å². The zero-order chi connectivity index (χ0) is 18.8. The van der Waals surface area contributed by atoms with Crippen LogP contribution in [0.4, 0.5) is 0 Å². The fourth-order valence-electron chi connectivity index (χ4n) is 1.66. The molecule has 1 aromatic rings. The van der Waals surface area contributed by atoms with Crippen LogP contribution in [-0.2, 0) is 22.6 Å². The van der Waals surface area contributed by atoms with Crippen molar-refractivity contribution in [2.45, 2.75) is 72.3 Å². The predicted molar refractivity (Wildman–Crippen MR) is 93.7 cm³/mol. The van der Waals surface area contributed by atoms with E-state index in [2.05, 4.69) is 41.0 Å². The van der Waals surface area contributed by atoms with Gasteiger partial charge in [-0.1, -0.05) is 44.7 Å². The molecular weight excluding hydrogens is 308 g/mol. The zero-order valence-electron chi connectivity index (χ0n) is 15.0. The van der Waals surface area contributed by atoms with Crippen molar-refractivity contribution in [1.82, 2.24) is 15.5 Å². The van der Waals surface area contributed by atoms with Gasteiger partial charge in [0.15, 0.2) is 5.82 Å². The second-order valence-corrected chi connectivity index (χ2v) is 5.01. The number of nitrogens with zero attached hydrogens (tertiary/aromatic N) is 2. The first-order valence-corrected chi connectivity index (χ1v) is 8.17. The normalized spacial score (nSPS) is 9.04. The fourth-order valence-corrected chi connectivity index (χ4v) is 1.66. The Balaban J connectivity index is 0. The quantitative estimate of drug-likeness (QED) is 0.530. The summed E-state index contributed by atoms with van der Waals surface area (Å²) in [6.07, 6.45) is 15.1. The highest BCUT2D eigenvalue weighted by Crippen LogP contribution is 2.05. The van der Waals surface area contributed by atoms with Gasteiger partial charge in [-0.2, -0.15) is 4.98 Å². The molecule has 7 nitrogen and oxygen atoms in total.